The van der Waals surface area contributed by atoms with E-state index in [0.717, 1.165) is 35.7 Å². The highest BCUT2D eigenvalue weighted by atomic mass is 16.5. The summed E-state index contributed by atoms with van der Waals surface area (Å²) in [6.45, 7) is 3.15. The van der Waals surface area contributed by atoms with Crippen LogP contribution in [0.1, 0.15) is 24.4 Å². The lowest BCUT2D eigenvalue weighted by Crippen LogP contribution is -2.11. The van der Waals surface area contributed by atoms with Crippen molar-refractivity contribution >= 4 is 11.5 Å². The molecule has 24 heavy (non-hydrogen) atoms. The van der Waals surface area contributed by atoms with E-state index in [1.165, 1.54) is 24.4 Å². The van der Waals surface area contributed by atoms with E-state index < -0.39 is 0 Å². The first-order valence-corrected chi connectivity index (χ1v) is 8.26. The van der Waals surface area contributed by atoms with Crippen molar-refractivity contribution in [3.05, 3.63) is 42.1 Å². The average molecular weight is 323 g/mol. The molecule has 0 atom stereocenters. The van der Waals surface area contributed by atoms with Crippen LogP contribution in [0.2, 0.25) is 0 Å². The molecular formula is C18H21N5O. The number of nitrogens with one attached hydrogen (secondary N) is 2. The fourth-order valence-corrected chi connectivity index (χ4v) is 3.31. The molecular weight excluding hydrogens is 302 g/mol. The second-order valence-electron chi connectivity index (χ2n) is 6.09. The number of pyridine rings is 1. The fraction of sp³-hybridized carbons (Fsp3) is 0.333. The Morgan fingerprint density at radius 1 is 1.29 bits per heavy atom. The van der Waals surface area contributed by atoms with Crippen molar-refractivity contribution in [3.63, 3.8) is 0 Å². The van der Waals surface area contributed by atoms with Crippen LogP contribution in [0.15, 0.2) is 30.6 Å². The molecule has 1 aliphatic rings. The van der Waals surface area contributed by atoms with Crippen LogP contribution in [0.3, 0.4) is 0 Å². The smallest absolute Gasteiger partial charge is 0.213 e. The summed E-state index contributed by atoms with van der Waals surface area (Å²) in [4.78, 5) is 12.2. The summed E-state index contributed by atoms with van der Waals surface area (Å²) in [7, 11) is 1.61. The molecule has 6 heteroatoms. The molecule has 1 aliphatic heterocycles. The number of H-pyrrole nitrogens is 1. The minimum Gasteiger partial charge on any atom is -0.481 e. The van der Waals surface area contributed by atoms with Crippen LogP contribution in [0.4, 0.5) is 11.5 Å². The number of nitrogens with zero attached hydrogens (tertiary/aromatic N) is 3. The second kappa shape index (κ2) is 6.03. The summed E-state index contributed by atoms with van der Waals surface area (Å²) in [6.07, 6.45) is 7.33. The Hall–Kier alpha value is -2.76. The van der Waals surface area contributed by atoms with E-state index in [-0.39, 0.29) is 0 Å². The molecule has 4 heterocycles. The summed E-state index contributed by atoms with van der Waals surface area (Å²) in [5.74, 6) is 2.75. The van der Waals surface area contributed by atoms with Gasteiger partial charge in [-0.2, -0.15) is 0 Å². The Morgan fingerprint density at radius 2 is 2.21 bits per heavy atom. The molecule has 0 bridgehead atoms. The zero-order valence-corrected chi connectivity index (χ0v) is 14.0. The molecule has 0 saturated heterocycles. The first-order chi connectivity index (χ1) is 11.7. The van der Waals surface area contributed by atoms with E-state index in [9.17, 15) is 0 Å². The number of fused-ring (bicyclic) bond motifs is 1. The normalized spacial score (nSPS) is 13.6. The van der Waals surface area contributed by atoms with Crippen molar-refractivity contribution in [2.24, 2.45) is 0 Å². The molecule has 0 amide bonds. The molecule has 0 saturated carbocycles. The van der Waals surface area contributed by atoms with Crippen molar-refractivity contribution in [1.29, 1.82) is 0 Å². The van der Waals surface area contributed by atoms with Gasteiger partial charge in [0.2, 0.25) is 5.88 Å². The summed E-state index contributed by atoms with van der Waals surface area (Å²) in [6, 6.07) is 5.90. The number of ether oxygens (including phenoxy) is 1. The maximum absolute atomic E-state index is 5.08. The van der Waals surface area contributed by atoms with Crippen molar-refractivity contribution in [2.45, 2.75) is 32.7 Å². The Labute approximate surface area is 140 Å². The summed E-state index contributed by atoms with van der Waals surface area (Å²) in [5, 5.41) is 3.33. The highest BCUT2D eigenvalue weighted by Crippen LogP contribution is 2.30. The third-order valence-electron chi connectivity index (χ3n) is 4.43. The number of anilines is 2. The molecule has 0 radical (unpaired) electrons. The number of aryl methyl sites for hydroxylation is 2. The highest BCUT2D eigenvalue weighted by Gasteiger charge is 2.19. The maximum Gasteiger partial charge on any atom is 0.213 e. The topological polar surface area (TPSA) is 67.8 Å². The van der Waals surface area contributed by atoms with E-state index in [1.807, 2.05) is 18.3 Å². The number of rotatable bonds is 4. The van der Waals surface area contributed by atoms with Gasteiger partial charge in [0.1, 0.15) is 11.6 Å². The predicted molar refractivity (Wildman–Crippen MR) is 93.8 cm³/mol. The van der Waals surface area contributed by atoms with E-state index in [4.69, 9.17) is 9.72 Å². The van der Waals surface area contributed by atoms with E-state index >= 15 is 0 Å². The van der Waals surface area contributed by atoms with Crippen molar-refractivity contribution in [3.8, 4) is 17.1 Å². The average Bonchev–Trinajstić information content (AvgIpc) is 3.18. The minimum atomic E-state index is 0.606. The standard InChI is InChI=1S/C18H21N5O/c1-12-18(23-8-4-3-5-16(23)21-12)13-9-15(19-10-13)22-14-6-7-17(24-2)20-11-14/h6-7,9-11,19,22H,3-5,8H2,1-2H3. The maximum atomic E-state index is 5.08. The summed E-state index contributed by atoms with van der Waals surface area (Å²) < 4.78 is 7.44. The van der Waals surface area contributed by atoms with Crippen LogP contribution < -0.4 is 10.1 Å². The van der Waals surface area contributed by atoms with Crippen LogP contribution in [0.5, 0.6) is 5.88 Å². The van der Waals surface area contributed by atoms with Gasteiger partial charge in [-0.05, 0) is 31.9 Å². The third kappa shape index (κ3) is 2.64. The fourth-order valence-electron chi connectivity index (χ4n) is 3.31. The molecule has 0 unspecified atom stereocenters. The van der Waals surface area contributed by atoms with Gasteiger partial charge < -0.3 is 19.6 Å². The lowest BCUT2D eigenvalue weighted by atomic mass is 10.1. The Morgan fingerprint density at radius 3 is 3.00 bits per heavy atom. The Balaban J connectivity index is 1.60. The number of imidazole rings is 1. The lowest BCUT2D eigenvalue weighted by molar-refractivity contribution is 0.398. The molecule has 0 aromatic carbocycles. The van der Waals surface area contributed by atoms with Crippen molar-refractivity contribution in [1.82, 2.24) is 19.5 Å². The molecule has 3 aromatic rings. The van der Waals surface area contributed by atoms with Crippen molar-refractivity contribution < 1.29 is 4.74 Å². The second-order valence-corrected chi connectivity index (χ2v) is 6.09. The van der Waals surface area contributed by atoms with Crippen LogP contribution >= 0.6 is 0 Å². The van der Waals surface area contributed by atoms with Gasteiger partial charge in [0, 0.05) is 30.8 Å². The van der Waals surface area contributed by atoms with Crippen LogP contribution in [0.25, 0.3) is 11.3 Å². The molecule has 0 aliphatic carbocycles. The number of hydrogen-bond donors (Lipinski definition) is 2. The van der Waals surface area contributed by atoms with Gasteiger partial charge in [0.25, 0.3) is 0 Å². The molecule has 2 N–H and O–H groups in total. The zero-order chi connectivity index (χ0) is 16.5. The van der Waals surface area contributed by atoms with Gasteiger partial charge in [-0.15, -0.1) is 0 Å². The molecule has 124 valence electrons. The first kappa shape index (κ1) is 14.8. The number of aromatic amines is 1. The SMILES string of the molecule is COc1ccc(Nc2cc(-c3c(C)nc4n3CCCC4)c[nH]2)cn1. The predicted octanol–water partition coefficient (Wildman–Crippen LogP) is 3.67. The van der Waals surface area contributed by atoms with Gasteiger partial charge in [-0.25, -0.2) is 9.97 Å². The van der Waals surface area contributed by atoms with Gasteiger partial charge in [-0.1, -0.05) is 0 Å². The minimum absolute atomic E-state index is 0.606. The van der Waals surface area contributed by atoms with Crippen LogP contribution in [0, 0.1) is 6.92 Å². The molecule has 0 fully saturated rings. The number of aromatic nitrogens is 4. The largest absolute Gasteiger partial charge is 0.481 e. The summed E-state index contributed by atoms with van der Waals surface area (Å²) in [5.41, 5.74) is 4.40. The van der Waals surface area contributed by atoms with E-state index in [1.54, 1.807) is 13.3 Å². The molecule has 6 nitrogen and oxygen atoms in total. The zero-order valence-electron chi connectivity index (χ0n) is 14.0. The monoisotopic (exact) mass is 323 g/mol. The van der Waals surface area contributed by atoms with E-state index in [2.05, 4.69) is 32.8 Å². The highest BCUT2D eigenvalue weighted by molar-refractivity contribution is 5.69. The number of hydrogen-bond acceptors (Lipinski definition) is 4. The lowest BCUT2D eigenvalue weighted by Gasteiger charge is -2.15. The Kier molecular flexibility index (Phi) is 3.72. The molecule has 0 spiro atoms. The van der Waals surface area contributed by atoms with Gasteiger partial charge in [0.05, 0.1) is 30.4 Å². The molecule has 4 rings (SSSR count). The van der Waals surface area contributed by atoms with Gasteiger partial charge in [0.15, 0.2) is 0 Å². The van der Waals surface area contributed by atoms with Gasteiger partial charge >= 0.3 is 0 Å². The number of methoxy groups -OCH3 is 1. The van der Waals surface area contributed by atoms with Crippen LogP contribution in [-0.2, 0) is 13.0 Å². The van der Waals surface area contributed by atoms with Crippen molar-refractivity contribution in [2.75, 3.05) is 12.4 Å². The van der Waals surface area contributed by atoms with Gasteiger partial charge in [-0.3, -0.25) is 0 Å². The Bertz CT molecular complexity index is 847. The van der Waals surface area contributed by atoms with Crippen LogP contribution in [-0.4, -0.2) is 26.6 Å². The quantitative estimate of drug-likeness (QED) is 0.769. The third-order valence-corrected chi connectivity index (χ3v) is 4.43. The summed E-state index contributed by atoms with van der Waals surface area (Å²) >= 11 is 0. The van der Waals surface area contributed by atoms with E-state index in [0.29, 0.717) is 5.88 Å². The molecule has 3 aromatic heterocycles. The first-order valence-electron chi connectivity index (χ1n) is 8.26.